The highest BCUT2D eigenvalue weighted by Crippen LogP contribution is 2.32. The van der Waals surface area contributed by atoms with Crippen LogP contribution in [0.4, 0.5) is 0 Å². The molecule has 0 fully saturated rings. The van der Waals surface area contributed by atoms with E-state index >= 15 is 0 Å². The van der Waals surface area contributed by atoms with Gasteiger partial charge in [0.15, 0.2) is 4.77 Å². The summed E-state index contributed by atoms with van der Waals surface area (Å²) in [5, 5.41) is 0.676. The first kappa shape index (κ1) is 13.8. The number of aromatic amines is 1. The lowest BCUT2D eigenvalue weighted by Crippen LogP contribution is -2.17. The third-order valence-electron chi connectivity index (χ3n) is 2.72. The highest BCUT2D eigenvalue weighted by Gasteiger charge is 2.21. The second kappa shape index (κ2) is 4.83. The minimum atomic E-state index is -0.00465. The predicted octanol–water partition coefficient (Wildman–Crippen LogP) is 5.25. The van der Waals surface area contributed by atoms with Crippen molar-refractivity contribution in [1.82, 2.24) is 9.55 Å². The molecule has 1 N–H and O–H groups in total. The average Bonchev–Trinajstić information content (AvgIpc) is 2.64. The fourth-order valence-electron chi connectivity index (χ4n) is 1.82. The molecule has 1 aromatic carbocycles. The molecule has 0 aliphatic carbocycles. The third-order valence-corrected chi connectivity index (χ3v) is 4.39. The van der Waals surface area contributed by atoms with Crippen LogP contribution in [-0.4, -0.2) is 9.55 Å². The van der Waals surface area contributed by atoms with E-state index in [-0.39, 0.29) is 5.41 Å². The molecule has 0 spiro atoms. The quantitative estimate of drug-likeness (QED) is 0.700. The van der Waals surface area contributed by atoms with Gasteiger partial charge >= 0.3 is 0 Å². The lowest BCUT2D eigenvalue weighted by Gasteiger charge is -2.21. The van der Waals surface area contributed by atoms with E-state index in [1.165, 1.54) is 0 Å². The van der Waals surface area contributed by atoms with Gasteiger partial charge in [-0.25, -0.2) is 0 Å². The zero-order valence-electron chi connectivity index (χ0n) is 10.4. The van der Waals surface area contributed by atoms with Crippen molar-refractivity contribution in [3.63, 3.8) is 0 Å². The highest BCUT2D eigenvalue weighted by atomic mass is 79.9. The average molecular weight is 346 g/mol. The van der Waals surface area contributed by atoms with Gasteiger partial charge in [-0.15, -0.1) is 0 Å². The van der Waals surface area contributed by atoms with Crippen molar-refractivity contribution in [1.29, 1.82) is 0 Å². The van der Waals surface area contributed by atoms with Crippen LogP contribution in [0.15, 0.2) is 28.9 Å². The molecule has 5 heteroatoms. The molecule has 0 aliphatic heterocycles. The Bertz CT molecular complexity index is 637. The van der Waals surface area contributed by atoms with Gasteiger partial charge in [-0.05, 0) is 40.3 Å². The highest BCUT2D eigenvalue weighted by molar-refractivity contribution is 9.10. The topological polar surface area (TPSA) is 20.7 Å². The molecule has 2 aromatic rings. The van der Waals surface area contributed by atoms with Gasteiger partial charge in [0.05, 0.1) is 15.2 Å². The van der Waals surface area contributed by atoms with E-state index in [1.54, 1.807) is 0 Å². The number of nitrogens with zero attached hydrogens (tertiary/aromatic N) is 1. The Labute approximate surface area is 125 Å². The van der Waals surface area contributed by atoms with E-state index in [9.17, 15) is 0 Å². The van der Waals surface area contributed by atoms with Crippen molar-refractivity contribution >= 4 is 39.7 Å². The summed E-state index contributed by atoms with van der Waals surface area (Å²) in [6.07, 6.45) is 1.95. The minimum absolute atomic E-state index is 0.00465. The van der Waals surface area contributed by atoms with Crippen LogP contribution < -0.4 is 0 Å². The first-order valence-corrected chi connectivity index (χ1v) is 7.15. The number of H-pyrrole nitrogens is 1. The second-order valence-electron chi connectivity index (χ2n) is 5.14. The summed E-state index contributed by atoms with van der Waals surface area (Å²) in [6.45, 7) is 6.46. The van der Waals surface area contributed by atoms with Gasteiger partial charge in [0.2, 0.25) is 0 Å². The first-order chi connectivity index (χ1) is 8.32. The van der Waals surface area contributed by atoms with E-state index in [0.29, 0.717) is 9.79 Å². The molecule has 2 nitrogen and oxygen atoms in total. The number of aromatic nitrogens is 2. The summed E-state index contributed by atoms with van der Waals surface area (Å²) >= 11 is 15.0. The molecule has 0 atom stereocenters. The summed E-state index contributed by atoms with van der Waals surface area (Å²) < 4.78 is 3.54. The largest absolute Gasteiger partial charge is 0.337 e. The summed E-state index contributed by atoms with van der Waals surface area (Å²) in [5.74, 6) is 0. The van der Waals surface area contributed by atoms with Crippen molar-refractivity contribution in [2.24, 2.45) is 0 Å². The van der Waals surface area contributed by atoms with Crippen LogP contribution in [0, 0.1) is 4.77 Å². The number of hydrogen-bond acceptors (Lipinski definition) is 1. The molecule has 0 unspecified atom stereocenters. The molecule has 0 radical (unpaired) electrons. The Kier molecular flexibility index (Phi) is 3.72. The fourth-order valence-corrected chi connectivity index (χ4v) is 2.69. The molecule has 0 saturated carbocycles. The molecule has 0 bridgehead atoms. The maximum absolute atomic E-state index is 6.15. The van der Waals surface area contributed by atoms with Crippen LogP contribution in [0.1, 0.15) is 26.5 Å². The van der Waals surface area contributed by atoms with Crippen LogP contribution in [0.25, 0.3) is 5.69 Å². The second-order valence-corrected chi connectivity index (χ2v) is 6.72. The molecule has 0 amide bonds. The van der Waals surface area contributed by atoms with Gasteiger partial charge < -0.3 is 4.98 Å². The SMILES string of the molecule is CC(C)(C)c1c[nH]c(=S)n1-c1cccc(Cl)c1Br. The zero-order valence-corrected chi connectivity index (χ0v) is 13.6. The molecule has 18 heavy (non-hydrogen) atoms. The molecular weight excluding hydrogens is 332 g/mol. The molecule has 96 valence electrons. The number of nitrogens with one attached hydrogen (secondary N) is 1. The van der Waals surface area contributed by atoms with Gasteiger partial charge in [-0.3, -0.25) is 4.57 Å². The Morgan fingerprint density at radius 2 is 2.00 bits per heavy atom. The maximum Gasteiger partial charge on any atom is 0.182 e. The maximum atomic E-state index is 6.15. The van der Waals surface area contributed by atoms with Crippen molar-refractivity contribution < 1.29 is 0 Å². The zero-order chi connectivity index (χ0) is 13.5. The fraction of sp³-hybridized carbons (Fsp3) is 0.308. The molecule has 2 rings (SSSR count). The summed E-state index contributed by atoms with van der Waals surface area (Å²) in [6, 6.07) is 5.76. The summed E-state index contributed by atoms with van der Waals surface area (Å²) in [5.41, 5.74) is 2.07. The molecule has 0 aliphatic rings. The Morgan fingerprint density at radius 3 is 2.61 bits per heavy atom. The van der Waals surface area contributed by atoms with E-state index in [2.05, 4.69) is 41.7 Å². The molecule has 1 aromatic heterocycles. The van der Waals surface area contributed by atoms with Crippen molar-refractivity contribution in [3.05, 3.63) is 44.4 Å². The van der Waals surface area contributed by atoms with Crippen LogP contribution >= 0.6 is 39.7 Å². The van der Waals surface area contributed by atoms with Crippen molar-refractivity contribution in [2.75, 3.05) is 0 Å². The van der Waals surface area contributed by atoms with Gasteiger partial charge in [-0.1, -0.05) is 38.4 Å². The van der Waals surface area contributed by atoms with Crippen molar-refractivity contribution in [3.8, 4) is 5.69 Å². The first-order valence-electron chi connectivity index (χ1n) is 5.57. The minimum Gasteiger partial charge on any atom is -0.337 e. The van der Waals surface area contributed by atoms with Crippen LogP contribution in [0.3, 0.4) is 0 Å². The Hall–Kier alpha value is -0.580. The van der Waals surface area contributed by atoms with Crippen LogP contribution in [0.2, 0.25) is 5.02 Å². The van der Waals surface area contributed by atoms with Gasteiger partial charge in [0, 0.05) is 17.3 Å². The number of halogens is 2. The monoisotopic (exact) mass is 344 g/mol. The standard InChI is InChI=1S/C13H14BrClN2S/c1-13(2,3)10-7-16-12(18)17(10)9-6-4-5-8(15)11(9)14/h4-7H,1-3H3,(H,16,18). The van der Waals surface area contributed by atoms with E-state index in [1.807, 2.05) is 29.0 Å². The predicted molar refractivity (Wildman–Crippen MR) is 82.4 cm³/mol. The van der Waals surface area contributed by atoms with Gasteiger partial charge in [0.1, 0.15) is 0 Å². The van der Waals surface area contributed by atoms with Gasteiger partial charge in [0.25, 0.3) is 0 Å². The van der Waals surface area contributed by atoms with Crippen LogP contribution in [0.5, 0.6) is 0 Å². The molecule has 0 saturated heterocycles. The van der Waals surface area contributed by atoms with Crippen molar-refractivity contribution in [2.45, 2.75) is 26.2 Å². The summed E-state index contributed by atoms with van der Waals surface area (Å²) in [7, 11) is 0. The normalized spacial score (nSPS) is 11.8. The van der Waals surface area contributed by atoms with E-state index in [0.717, 1.165) is 15.9 Å². The Morgan fingerprint density at radius 1 is 1.33 bits per heavy atom. The number of imidazole rings is 1. The molecule has 1 heterocycles. The molecular formula is C13H14BrClN2S. The summed E-state index contributed by atoms with van der Waals surface area (Å²) in [4.78, 5) is 3.10. The Balaban J connectivity index is 2.76. The smallest absolute Gasteiger partial charge is 0.182 e. The number of rotatable bonds is 1. The lowest BCUT2D eigenvalue weighted by atomic mass is 9.92. The number of benzene rings is 1. The van der Waals surface area contributed by atoms with E-state index < -0.39 is 0 Å². The van der Waals surface area contributed by atoms with E-state index in [4.69, 9.17) is 23.8 Å². The van der Waals surface area contributed by atoms with Gasteiger partial charge in [-0.2, -0.15) is 0 Å². The van der Waals surface area contributed by atoms with Crippen LogP contribution in [-0.2, 0) is 5.41 Å². The third kappa shape index (κ3) is 2.42. The lowest BCUT2D eigenvalue weighted by molar-refractivity contribution is 0.555. The number of hydrogen-bond donors (Lipinski definition) is 1.